The molecule has 1 aromatic rings. The van der Waals surface area contributed by atoms with Crippen molar-refractivity contribution in [2.75, 3.05) is 0 Å². The van der Waals surface area contributed by atoms with Gasteiger partial charge >= 0.3 is 0 Å². The van der Waals surface area contributed by atoms with Gasteiger partial charge in [-0.25, -0.2) is 0 Å². The first-order chi connectivity index (χ1) is 10.3. The predicted octanol–water partition coefficient (Wildman–Crippen LogP) is 6.72. The van der Waals surface area contributed by atoms with Crippen molar-refractivity contribution in [3.05, 3.63) is 30.3 Å². The summed E-state index contributed by atoms with van der Waals surface area (Å²) >= 11 is 1.76. The molecule has 0 aromatic heterocycles. The van der Waals surface area contributed by atoms with E-state index in [4.69, 9.17) is 0 Å². The second-order valence-corrected chi connectivity index (χ2v) is 12.3. The van der Waals surface area contributed by atoms with Crippen LogP contribution in [0.15, 0.2) is 35.2 Å². The summed E-state index contributed by atoms with van der Waals surface area (Å²) in [6.45, 7) is 0. The third-order valence-electron chi connectivity index (χ3n) is 5.16. The molecule has 2 saturated carbocycles. The molecule has 116 valence electrons. The highest BCUT2D eigenvalue weighted by Gasteiger charge is 2.42. The van der Waals surface area contributed by atoms with Crippen LogP contribution >= 0.6 is 17.7 Å². The highest BCUT2D eigenvalue weighted by Crippen LogP contribution is 2.73. The molecule has 0 bridgehead atoms. The van der Waals surface area contributed by atoms with Crippen molar-refractivity contribution in [3.63, 3.8) is 0 Å². The van der Waals surface area contributed by atoms with Crippen molar-refractivity contribution in [2.24, 2.45) is 0 Å². The van der Waals surface area contributed by atoms with Gasteiger partial charge < -0.3 is 4.57 Å². The minimum Gasteiger partial charge on any atom is -0.311 e. The third-order valence-corrected chi connectivity index (χ3v) is 12.3. The van der Waals surface area contributed by atoms with Gasteiger partial charge in [-0.15, -0.1) is 0 Å². The summed E-state index contributed by atoms with van der Waals surface area (Å²) in [4.78, 5) is 1.22. The molecule has 0 heterocycles. The minimum absolute atomic E-state index is 0.486. The molecular formula is C18H27OPS. The zero-order valence-electron chi connectivity index (χ0n) is 12.9. The summed E-state index contributed by atoms with van der Waals surface area (Å²) in [6.07, 6.45) is 10.5. The zero-order valence-corrected chi connectivity index (χ0v) is 14.6. The summed E-state index contributed by atoms with van der Waals surface area (Å²) < 4.78 is 14.1. The molecule has 3 heteroatoms. The van der Waals surface area contributed by atoms with E-state index in [9.17, 15) is 4.57 Å². The summed E-state index contributed by atoms with van der Waals surface area (Å²) in [5.41, 5.74) is 0.971. The van der Waals surface area contributed by atoms with E-state index in [1.165, 1.54) is 69.1 Å². The molecule has 0 radical (unpaired) electrons. The van der Waals surface area contributed by atoms with Crippen LogP contribution in [-0.4, -0.2) is 11.3 Å². The molecule has 0 atom stereocenters. The molecule has 0 spiro atoms. The van der Waals surface area contributed by atoms with Crippen molar-refractivity contribution in [1.29, 1.82) is 0 Å². The number of hydrogen-bond acceptors (Lipinski definition) is 2. The fourth-order valence-corrected chi connectivity index (χ4v) is 11.2. The van der Waals surface area contributed by atoms with Crippen molar-refractivity contribution >= 4 is 17.7 Å². The monoisotopic (exact) mass is 322 g/mol. The lowest BCUT2D eigenvalue weighted by Crippen LogP contribution is -2.21. The van der Waals surface area contributed by atoms with E-state index in [1.807, 2.05) is 0 Å². The Morgan fingerprint density at radius 1 is 0.762 bits per heavy atom. The largest absolute Gasteiger partial charge is 0.311 e. The van der Waals surface area contributed by atoms with Crippen molar-refractivity contribution in [2.45, 2.75) is 80.4 Å². The highest BCUT2D eigenvalue weighted by atomic mass is 32.7. The van der Waals surface area contributed by atoms with E-state index in [0.29, 0.717) is 11.3 Å². The summed E-state index contributed by atoms with van der Waals surface area (Å²) in [5, 5.41) is 0. The van der Waals surface area contributed by atoms with Gasteiger partial charge in [0.2, 0.25) is 0 Å². The van der Waals surface area contributed by atoms with Gasteiger partial charge in [0.1, 0.15) is 6.34 Å². The molecule has 0 amide bonds. The molecule has 0 N–H and O–H groups in total. The maximum absolute atomic E-state index is 14.1. The van der Waals surface area contributed by atoms with Crippen LogP contribution in [0.1, 0.15) is 64.2 Å². The second-order valence-electron chi connectivity index (χ2n) is 6.63. The predicted molar refractivity (Wildman–Crippen MR) is 93.7 cm³/mol. The lowest BCUT2D eigenvalue weighted by molar-refractivity contribution is 0.456. The molecule has 3 rings (SSSR count). The van der Waals surface area contributed by atoms with E-state index in [2.05, 4.69) is 30.3 Å². The summed E-state index contributed by atoms with van der Waals surface area (Å²) in [6, 6.07) is 10.5. The lowest BCUT2D eigenvalue weighted by atomic mass is 10.00. The van der Waals surface area contributed by atoms with Crippen LogP contribution in [-0.2, 0) is 4.57 Å². The van der Waals surface area contributed by atoms with Gasteiger partial charge in [0.25, 0.3) is 0 Å². The maximum Gasteiger partial charge on any atom is 0.149 e. The zero-order chi connectivity index (χ0) is 14.5. The Hall–Kier alpha value is -0.200. The Morgan fingerprint density at radius 2 is 1.24 bits per heavy atom. The average Bonchev–Trinajstić information content (AvgIpc) is 2.57. The van der Waals surface area contributed by atoms with Crippen molar-refractivity contribution < 1.29 is 4.57 Å². The van der Waals surface area contributed by atoms with Gasteiger partial charge in [-0.05, 0) is 37.8 Å². The topological polar surface area (TPSA) is 17.1 Å². The lowest BCUT2D eigenvalue weighted by Gasteiger charge is -2.37. The molecule has 1 aromatic carbocycles. The van der Waals surface area contributed by atoms with Gasteiger partial charge in [0.15, 0.2) is 0 Å². The molecule has 2 aliphatic carbocycles. The Balaban J connectivity index is 1.83. The molecule has 2 fully saturated rings. The van der Waals surface area contributed by atoms with Crippen LogP contribution in [0.3, 0.4) is 0 Å². The molecule has 0 unspecified atom stereocenters. The van der Waals surface area contributed by atoms with Gasteiger partial charge in [-0.2, -0.15) is 0 Å². The maximum atomic E-state index is 14.1. The molecule has 21 heavy (non-hydrogen) atoms. The normalized spacial score (nSPS) is 22.3. The van der Waals surface area contributed by atoms with E-state index in [0.717, 1.165) is 0 Å². The van der Waals surface area contributed by atoms with Crippen LogP contribution in [0.5, 0.6) is 0 Å². The standard InChI is InChI=1S/C18H27OPS/c19-20(16-10-4-1-5-11-16,17-12-6-2-7-13-17)21-18-14-8-3-9-15-18/h3,8-9,14-17H,1-2,4-7,10-13H2. The second kappa shape index (κ2) is 7.38. The van der Waals surface area contributed by atoms with Gasteiger partial charge in [-0.1, -0.05) is 68.1 Å². The van der Waals surface area contributed by atoms with Crippen molar-refractivity contribution in [1.82, 2.24) is 0 Å². The Bertz CT molecular complexity index is 453. The Labute approximate surface area is 133 Å². The highest BCUT2D eigenvalue weighted by molar-refractivity contribution is 8.58. The Morgan fingerprint density at radius 3 is 1.71 bits per heavy atom. The molecular weight excluding hydrogens is 295 g/mol. The van der Waals surface area contributed by atoms with E-state index < -0.39 is 6.34 Å². The number of benzene rings is 1. The summed E-state index contributed by atoms with van der Waals surface area (Å²) in [7, 11) is 0. The van der Waals surface area contributed by atoms with Gasteiger partial charge in [0, 0.05) is 16.2 Å². The van der Waals surface area contributed by atoms with E-state index in [-0.39, 0.29) is 0 Å². The van der Waals surface area contributed by atoms with E-state index in [1.54, 1.807) is 11.4 Å². The average molecular weight is 322 g/mol. The molecule has 1 nitrogen and oxygen atoms in total. The fourth-order valence-electron chi connectivity index (χ4n) is 3.98. The summed E-state index contributed by atoms with van der Waals surface area (Å²) in [5.74, 6) is 0. The number of hydrogen-bond donors (Lipinski definition) is 0. The van der Waals surface area contributed by atoms with Gasteiger partial charge in [0.05, 0.1) is 0 Å². The Kier molecular flexibility index (Phi) is 5.51. The molecule has 0 aliphatic heterocycles. The van der Waals surface area contributed by atoms with Crippen LogP contribution in [0.2, 0.25) is 0 Å². The molecule has 2 aliphatic rings. The smallest absolute Gasteiger partial charge is 0.149 e. The first-order valence-corrected chi connectivity index (χ1v) is 11.9. The van der Waals surface area contributed by atoms with Crippen LogP contribution in [0, 0.1) is 0 Å². The van der Waals surface area contributed by atoms with Gasteiger partial charge in [-0.3, -0.25) is 0 Å². The fraction of sp³-hybridized carbons (Fsp3) is 0.667. The van der Waals surface area contributed by atoms with Crippen LogP contribution < -0.4 is 0 Å². The third kappa shape index (κ3) is 3.77. The van der Waals surface area contributed by atoms with Crippen LogP contribution in [0.4, 0.5) is 0 Å². The van der Waals surface area contributed by atoms with Crippen LogP contribution in [0.25, 0.3) is 0 Å². The van der Waals surface area contributed by atoms with Crippen molar-refractivity contribution in [3.8, 4) is 0 Å². The SMILES string of the molecule is O=P(Sc1ccccc1)(C1CCCCC1)C1CCCCC1. The number of rotatable bonds is 4. The first kappa shape index (κ1) is 15.7. The quantitative estimate of drug-likeness (QED) is 0.572. The van der Waals surface area contributed by atoms with E-state index >= 15 is 0 Å². The first-order valence-electron chi connectivity index (χ1n) is 8.63. The molecule has 0 saturated heterocycles. The minimum atomic E-state index is -2.18.